The lowest BCUT2D eigenvalue weighted by Gasteiger charge is -2.17. The molecule has 0 saturated carbocycles. The fourth-order valence-electron chi connectivity index (χ4n) is 0.840. The van der Waals surface area contributed by atoms with Crippen molar-refractivity contribution in [1.82, 2.24) is 15.0 Å². The van der Waals surface area contributed by atoms with Crippen molar-refractivity contribution in [2.75, 3.05) is 7.11 Å². The molecule has 0 spiro atoms. The maximum Gasteiger partial charge on any atom is 0.108 e. The summed E-state index contributed by atoms with van der Waals surface area (Å²) in [5, 5.41) is 7.95. The lowest BCUT2D eigenvalue weighted by atomic mass is 10.1. The van der Waals surface area contributed by atoms with Crippen molar-refractivity contribution in [3.05, 3.63) is 11.9 Å². The van der Waals surface area contributed by atoms with E-state index in [0.29, 0.717) is 6.61 Å². The minimum Gasteiger partial charge on any atom is -0.378 e. The van der Waals surface area contributed by atoms with Crippen LogP contribution in [-0.4, -0.2) is 22.1 Å². The van der Waals surface area contributed by atoms with E-state index in [0.717, 1.165) is 5.69 Å². The molecule has 0 unspecified atom stereocenters. The van der Waals surface area contributed by atoms with Crippen molar-refractivity contribution in [3.8, 4) is 0 Å². The third-order valence-corrected chi connectivity index (χ3v) is 1.52. The van der Waals surface area contributed by atoms with Crippen molar-refractivity contribution in [1.29, 1.82) is 0 Å². The first kappa shape index (κ1) is 9.19. The highest BCUT2D eigenvalue weighted by molar-refractivity contribution is 4.92. The van der Waals surface area contributed by atoms with Crippen LogP contribution in [0.2, 0.25) is 0 Å². The standard InChI is InChI=1S/C8H15N3O/c1-8(2,3)11-5-7(6-12-4)9-10-11/h5H,6H2,1-4H3. The molecule has 0 aliphatic heterocycles. The van der Waals surface area contributed by atoms with E-state index >= 15 is 0 Å². The molecule has 4 nitrogen and oxygen atoms in total. The SMILES string of the molecule is COCc1cn(C(C)(C)C)nn1. The van der Waals surface area contributed by atoms with Crippen LogP contribution in [-0.2, 0) is 16.9 Å². The largest absolute Gasteiger partial charge is 0.378 e. The third-order valence-electron chi connectivity index (χ3n) is 1.52. The number of rotatable bonds is 2. The average molecular weight is 169 g/mol. The number of methoxy groups -OCH3 is 1. The van der Waals surface area contributed by atoms with Gasteiger partial charge in [0.25, 0.3) is 0 Å². The van der Waals surface area contributed by atoms with Crippen LogP contribution in [0.3, 0.4) is 0 Å². The van der Waals surface area contributed by atoms with Gasteiger partial charge in [-0.3, -0.25) is 0 Å². The van der Waals surface area contributed by atoms with Crippen LogP contribution in [0.1, 0.15) is 26.5 Å². The highest BCUT2D eigenvalue weighted by atomic mass is 16.5. The van der Waals surface area contributed by atoms with Crippen molar-refractivity contribution in [2.24, 2.45) is 0 Å². The van der Waals surface area contributed by atoms with Gasteiger partial charge in [-0.2, -0.15) is 0 Å². The Morgan fingerprint density at radius 2 is 2.17 bits per heavy atom. The van der Waals surface area contributed by atoms with Gasteiger partial charge in [-0.25, -0.2) is 4.68 Å². The van der Waals surface area contributed by atoms with Gasteiger partial charge in [-0.05, 0) is 20.8 Å². The molecule has 0 bridgehead atoms. The normalized spacial score (nSPS) is 12.0. The van der Waals surface area contributed by atoms with Gasteiger partial charge in [0, 0.05) is 7.11 Å². The molecule has 0 aliphatic carbocycles. The molecule has 0 atom stereocenters. The fourth-order valence-corrected chi connectivity index (χ4v) is 0.840. The molecule has 0 fully saturated rings. The predicted molar refractivity (Wildman–Crippen MR) is 45.7 cm³/mol. The summed E-state index contributed by atoms with van der Waals surface area (Å²) in [5.41, 5.74) is 0.867. The molecular formula is C8H15N3O. The molecule has 0 aliphatic rings. The van der Waals surface area contributed by atoms with Gasteiger partial charge in [-0.1, -0.05) is 5.21 Å². The Morgan fingerprint density at radius 3 is 2.58 bits per heavy atom. The van der Waals surface area contributed by atoms with Crippen LogP contribution in [0.25, 0.3) is 0 Å². The fraction of sp³-hybridized carbons (Fsp3) is 0.750. The molecule has 0 radical (unpaired) electrons. The number of hydrogen-bond acceptors (Lipinski definition) is 3. The van der Waals surface area contributed by atoms with Crippen molar-refractivity contribution >= 4 is 0 Å². The zero-order chi connectivity index (χ0) is 9.19. The Morgan fingerprint density at radius 1 is 1.50 bits per heavy atom. The second-order valence-electron chi connectivity index (χ2n) is 3.76. The van der Waals surface area contributed by atoms with E-state index < -0.39 is 0 Å². The maximum atomic E-state index is 4.94. The molecule has 0 N–H and O–H groups in total. The third kappa shape index (κ3) is 2.04. The first-order chi connectivity index (χ1) is 5.54. The quantitative estimate of drug-likeness (QED) is 0.667. The van der Waals surface area contributed by atoms with E-state index in [9.17, 15) is 0 Å². The smallest absolute Gasteiger partial charge is 0.108 e. The van der Waals surface area contributed by atoms with Gasteiger partial charge in [0.2, 0.25) is 0 Å². The lowest BCUT2D eigenvalue weighted by molar-refractivity contribution is 0.181. The summed E-state index contributed by atoms with van der Waals surface area (Å²) in [6.45, 7) is 6.77. The summed E-state index contributed by atoms with van der Waals surface area (Å²) in [7, 11) is 1.65. The van der Waals surface area contributed by atoms with E-state index in [-0.39, 0.29) is 5.54 Å². The van der Waals surface area contributed by atoms with Crippen LogP contribution < -0.4 is 0 Å². The summed E-state index contributed by atoms with van der Waals surface area (Å²) in [6.07, 6.45) is 1.91. The van der Waals surface area contributed by atoms with Crippen LogP contribution >= 0.6 is 0 Å². The summed E-state index contributed by atoms with van der Waals surface area (Å²) >= 11 is 0. The molecule has 12 heavy (non-hydrogen) atoms. The molecule has 1 aromatic heterocycles. The van der Waals surface area contributed by atoms with Gasteiger partial charge in [0.15, 0.2) is 0 Å². The van der Waals surface area contributed by atoms with Crippen molar-refractivity contribution < 1.29 is 4.74 Å². The molecule has 0 saturated heterocycles. The van der Waals surface area contributed by atoms with Gasteiger partial charge in [0.05, 0.1) is 18.3 Å². The number of hydrogen-bond donors (Lipinski definition) is 0. The van der Waals surface area contributed by atoms with Crippen molar-refractivity contribution in [3.63, 3.8) is 0 Å². The minimum absolute atomic E-state index is 0.00100. The average Bonchev–Trinajstić information content (AvgIpc) is 2.35. The van der Waals surface area contributed by atoms with E-state index in [1.54, 1.807) is 7.11 Å². The van der Waals surface area contributed by atoms with E-state index in [2.05, 4.69) is 31.1 Å². The minimum atomic E-state index is -0.00100. The molecule has 4 heteroatoms. The van der Waals surface area contributed by atoms with E-state index in [4.69, 9.17) is 4.74 Å². The summed E-state index contributed by atoms with van der Waals surface area (Å²) in [4.78, 5) is 0. The van der Waals surface area contributed by atoms with Gasteiger partial charge in [0.1, 0.15) is 5.69 Å². The first-order valence-corrected chi connectivity index (χ1v) is 3.94. The second-order valence-corrected chi connectivity index (χ2v) is 3.76. The maximum absolute atomic E-state index is 4.94. The summed E-state index contributed by atoms with van der Waals surface area (Å²) < 4.78 is 6.77. The number of aromatic nitrogens is 3. The zero-order valence-electron chi connectivity index (χ0n) is 8.03. The summed E-state index contributed by atoms with van der Waals surface area (Å²) in [5.74, 6) is 0. The topological polar surface area (TPSA) is 39.9 Å². The highest BCUT2D eigenvalue weighted by Gasteiger charge is 2.14. The van der Waals surface area contributed by atoms with Crippen LogP contribution in [0.15, 0.2) is 6.20 Å². The number of nitrogens with zero attached hydrogens (tertiary/aromatic N) is 3. The van der Waals surface area contributed by atoms with Crippen LogP contribution in [0.5, 0.6) is 0 Å². The first-order valence-electron chi connectivity index (χ1n) is 3.94. The molecular weight excluding hydrogens is 154 g/mol. The predicted octanol–water partition coefficient (Wildman–Crippen LogP) is 1.18. The Hall–Kier alpha value is -0.900. The van der Waals surface area contributed by atoms with Gasteiger partial charge < -0.3 is 4.74 Å². The van der Waals surface area contributed by atoms with E-state index in [1.165, 1.54) is 0 Å². The molecule has 1 heterocycles. The van der Waals surface area contributed by atoms with Crippen LogP contribution in [0, 0.1) is 0 Å². The Balaban J connectivity index is 2.77. The second kappa shape index (κ2) is 3.23. The zero-order valence-corrected chi connectivity index (χ0v) is 8.03. The molecule has 1 rings (SSSR count). The lowest BCUT2D eigenvalue weighted by Crippen LogP contribution is -2.22. The van der Waals surface area contributed by atoms with Gasteiger partial charge in [-0.15, -0.1) is 5.10 Å². The number of ether oxygens (including phenoxy) is 1. The Labute approximate surface area is 72.5 Å². The molecule has 1 aromatic rings. The highest BCUT2D eigenvalue weighted by Crippen LogP contribution is 2.11. The molecule has 0 amide bonds. The molecule has 68 valence electrons. The van der Waals surface area contributed by atoms with Crippen molar-refractivity contribution in [2.45, 2.75) is 32.9 Å². The Bertz CT molecular complexity index is 249. The Kier molecular flexibility index (Phi) is 2.47. The summed E-state index contributed by atoms with van der Waals surface area (Å²) in [6, 6.07) is 0. The monoisotopic (exact) mass is 169 g/mol. The molecule has 0 aromatic carbocycles. The van der Waals surface area contributed by atoms with Gasteiger partial charge >= 0.3 is 0 Å². The van der Waals surface area contributed by atoms with E-state index in [1.807, 2.05) is 10.9 Å². The van der Waals surface area contributed by atoms with Crippen LogP contribution in [0.4, 0.5) is 0 Å².